The first-order chi connectivity index (χ1) is 21.1. The average molecular weight is 664 g/mol. The molecule has 246 valence electrons. The highest BCUT2D eigenvalue weighted by molar-refractivity contribution is 7.86. The van der Waals surface area contributed by atoms with Crippen molar-refractivity contribution in [2.45, 2.75) is 56.5 Å². The van der Waals surface area contributed by atoms with E-state index in [0.29, 0.717) is 25.3 Å². The number of alkyl halides is 4. The van der Waals surface area contributed by atoms with Gasteiger partial charge in [-0.05, 0) is 57.4 Å². The quantitative estimate of drug-likeness (QED) is 0.118. The molecule has 2 aromatic carbocycles. The van der Waals surface area contributed by atoms with Crippen LogP contribution in [-0.2, 0) is 39.5 Å². The molecule has 0 spiro atoms. The van der Waals surface area contributed by atoms with E-state index >= 15 is 4.39 Å². The van der Waals surface area contributed by atoms with E-state index in [2.05, 4.69) is 10.1 Å². The molecule has 1 aliphatic heterocycles. The summed E-state index contributed by atoms with van der Waals surface area (Å²) in [7, 11) is -3.08. The largest absolute Gasteiger partial charge is 0.466 e. The Morgan fingerprint density at radius 2 is 1.47 bits per heavy atom. The Hall–Kier alpha value is -3.85. The number of unbranched alkanes of at least 4 members (excludes halogenated alkanes) is 3. The minimum absolute atomic E-state index is 0.0180. The Morgan fingerprint density at radius 1 is 0.867 bits per heavy atom. The van der Waals surface area contributed by atoms with Gasteiger partial charge >= 0.3 is 18.1 Å². The fourth-order valence-electron chi connectivity index (χ4n) is 4.79. The van der Waals surface area contributed by atoms with Crippen molar-refractivity contribution >= 4 is 22.1 Å². The number of carbonyl (C=O) groups is 2. The van der Waals surface area contributed by atoms with Crippen molar-refractivity contribution < 1.29 is 58.0 Å². The number of methoxy groups -OCH3 is 1. The number of aryl methyl sites for hydroxylation is 1. The molecule has 8 nitrogen and oxygen atoms in total. The van der Waals surface area contributed by atoms with Crippen LogP contribution in [0.25, 0.3) is 0 Å². The summed E-state index contributed by atoms with van der Waals surface area (Å²) < 4.78 is 125. The van der Waals surface area contributed by atoms with Gasteiger partial charge in [-0.15, -0.1) is 0 Å². The van der Waals surface area contributed by atoms with Crippen LogP contribution >= 0.6 is 0 Å². The molecule has 0 saturated carbocycles. The highest BCUT2D eigenvalue weighted by Gasteiger charge is 2.47. The van der Waals surface area contributed by atoms with E-state index in [1.165, 1.54) is 19.1 Å². The number of benzene rings is 2. The summed E-state index contributed by atoms with van der Waals surface area (Å²) in [6, 6.07) is 6.78. The lowest BCUT2D eigenvalue weighted by Gasteiger charge is -2.32. The highest BCUT2D eigenvalue weighted by Crippen LogP contribution is 2.46. The van der Waals surface area contributed by atoms with Gasteiger partial charge in [0.2, 0.25) is 0 Å². The van der Waals surface area contributed by atoms with Crippen molar-refractivity contribution in [2.75, 3.05) is 27.0 Å². The molecule has 1 N–H and O–H groups in total. The Kier molecular flexibility index (Phi) is 11.8. The lowest BCUT2D eigenvalue weighted by atomic mass is 9.78. The predicted octanol–water partition coefficient (Wildman–Crippen LogP) is 6.16. The minimum atomic E-state index is -5.46. The standard InChI is InChI=1S/C30H31F6NO7S/c1-17-8-10-19(11-9-17)45(40,41)44-15-7-5-4-6-14-43-29(39)23-18(2)37-22(16-31)25(28(38)42-3)26(23)24-20(32)12-13-21(33)27(24)30(34,35)36/h8-13,26,37H,4-7,14-16H2,1-3H3. The zero-order chi connectivity index (χ0) is 33.5. The summed E-state index contributed by atoms with van der Waals surface area (Å²) in [5.41, 5.74) is -4.95. The predicted molar refractivity (Wildman–Crippen MR) is 149 cm³/mol. The summed E-state index contributed by atoms with van der Waals surface area (Å²) in [5, 5.41) is 2.43. The van der Waals surface area contributed by atoms with Crippen LogP contribution in [0.2, 0.25) is 0 Å². The van der Waals surface area contributed by atoms with Crippen LogP contribution in [0.5, 0.6) is 0 Å². The molecule has 1 heterocycles. The molecule has 0 amide bonds. The summed E-state index contributed by atoms with van der Waals surface area (Å²) in [5.74, 6) is -8.32. The summed E-state index contributed by atoms with van der Waals surface area (Å²) in [6.45, 7) is 1.19. The number of rotatable bonds is 13. The lowest BCUT2D eigenvalue weighted by Crippen LogP contribution is -2.35. The zero-order valence-electron chi connectivity index (χ0n) is 24.5. The van der Waals surface area contributed by atoms with Crippen LogP contribution < -0.4 is 5.32 Å². The molecule has 1 aliphatic rings. The van der Waals surface area contributed by atoms with Crippen LogP contribution in [0, 0.1) is 18.6 Å². The van der Waals surface area contributed by atoms with Gasteiger partial charge in [-0.1, -0.05) is 24.1 Å². The summed E-state index contributed by atoms with van der Waals surface area (Å²) in [4.78, 5) is 25.9. The molecule has 0 radical (unpaired) electrons. The number of ether oxygens (including phenoxy) is 2. The van der Waals surface area contributed by atoms with E-state index in [0.717, 1.165) is 12.7 Å². The number of halogens is 6. The van der Waals surface area contributed by atoms with E-state index < -0.39 is 80.4 Å². The Bertz CT molecular complexity index is 1580. The molecule has 0 bridgehead atoms. The van der Waals surface area contributed by atoms with Crippen molar-refractivity contribution in [2.24, 2.45) is 0 Å². The Morgan fingerprint density at radius 3 is 2.04 bits per heavy atom. The van der Waals surface area contributed by atoms with Gasteiger partial charge in [0.1, 0.15) is 18.3 Å². The van der Waals surface area contributed by atoms with Gasteiger partial charge in [0.05, 0.1) is 53.5 Å². The molecule has 0 saturated heterocycles. The molecular weight excluding hydrogens is 632 g/mol. The molecule has 45 heavy (non-hydrogen) atoms. The molecule has 0 aromatic heterocycles. The molecule has 1 unspecified atom stereocenters. The number of hydrogen-bond donors (Lipinski definition) is 1. The number of carbonyl (C=O) groups excluding carboxylic acids is 2. The van der Waals surface area contributed by atoms with Gasteiger partial charge in [0.25, 0.3) is 10.1 Å². The van der Waals surface area contributed by atoms with Crippen molar-refractivity contribution in [3.8, 4) is 0 Å². The fourth-order valence-corrected chi connectivity index (χ4v) is 5.73. The molecule has 0 aliphatic carbocycles. The van der Waals surface area contributed by atoms with Crippen LogP contribution in [0.3, 0.4) is 0 Å². The van der Waals surface area contributed by atoms with E-state index in [1.807, 2.05) is 6.92 Å². The maximum Gasteiger partial charge on any atom is 0.419 e. The van der Waals surface area contributed by atoms with Crippen molar-refractivity contribution in [1.82, 2.24) is 5.32 Å². The number of dihydropyridines is 1. The molecule has 15 heteroatoms. The van der Waals surface area contributed by atoms with Crippen molar-refractivity contribution in [3.63, 3.8) is 0 Å². The third-order valence-corrected chi connectivity index (χ3v) is 8.26. The molecule has 0 fully saturated rings. The van der Waals surface area contributed by atoms with Crippen molar-refractivity contribution in [3.05, 3.63) is 87.3 Å². The second-order valence-electron chi connectivity index (χ2n) is 10.1. The second-order valence-corrected chi connectivity index (χ2v) is 11.7. The SMILES string of the molecule is COC(=O)C1=C(CF)NC(C)=C(C(=O)OCCCCCCOS(=O)(=O)c2ccc(C)cc2)C1c1c(F)ccc(F)c1C(F)(F)F. The summed E-state index contributed by atoms with van der Waals surface area (Å²) in [6.07, 6.45) is -4.00. The first-order valence-corrected chi connectivity index (χ1v) is 15.1. The first-order valence-electron chi connectivity index (χ1n) is 13.7. The second kappa shape index (κ2) is 15.0. The number of nitrogens with one attached hydrogen (secondary N) is 1. The van der Waals surface area contributed by atoms with Crippen LogP contribution in [0.4, 0.5) is 26.3 Å². The molecule has 1 atom stereocenters. The van der Waals surface area contributed by atoms with Crippen LogP contribution in [-0.4, -0.2) is 47.4 Å². The third kappa shape index (κ3) is 8.45. The van der Waals surface area contributed by atoms with E-state index in [-0.39, 0.29) is 36.3 Å². The average Bonchev–Trinajstić information content (AvgIpc) is 2.97. The Labute approximate surface area is 256 Å². The monoisotopic (exact) mass is 663 g/mol. The normalized spacial score (nSPS) is 15.6. The van der Waals surface area contributed by atoms with E-state index in [4.69, 9.17) is 8.92 Å². The van der Waals surface area contributed by atoms with Gasteiger partial charge in [-0.3, -0.25) is 4.18 Å². The first kappa shape index (κ1) is 35.6. The van der Waals surface area contributed by atoms with Gasteiger partial charge in [-0.2, -0.15) is 21.6 Å². The Balaban J connectivity index is 1.74. The molecule has 3 rings (SSSR count). The van der Waals surface area contributed by atoms with Crippen LogP contribution in [0.1, 0.15) is 55.2 Å². The number of hydrogen-bond acceptors (Lipinski definition) is 8. The highest BCUT2D eigenvalue weighted by atomic mass is 32.2. The fraction of sp³-hybridized carbons (Fsp3) is 0.400. The van der Waals surface area contributed by atoms with Gasteiger partial charge in [0, 0.05) is 11.3 Å². The molecular formula is C30H31F6NO7S. The lowest BCUT2D eigenvalue weighted by molar-refractivity contribution is -0.143. The van der Waals surface area contributed by atoms with Gasteiger partial charge in [-0.25, -0.2) is 22.8 Å². The smallest absolute Gasteiger partial charge is 0.419 e. The maximum atomic E-state index is 15.1. The van der Waals surface area contributed by atoms with E-state index in [1.54, 1.807) is 12.1 Å². The minimum Gasteiger partial charge on any atom is -0.466 e. The molecule has 2 aromatic rings. The van der Waals surface area contributed by atoms with Crippen molar-refractivity contribution in [1.29, 1.82) is 0 Å². The summed E-state index contributed by atoms with van der Waals surface area (Å²) >= 11 is 0. The number of allylic oxidation sites excluding steroid dienone is 2. The van der Waals surface area contributed by atoms with Crippen LogP contribution in [0.15, 0.2) is 63.8 Å². The van der Waals surface area contributed by atoms with Gasteiger partial charge < -0.3 is 14.8 Å². The third-order valence-electron chi connectivity index (χ3n) is 6.94. The van der Waals surface area contributed by atoms with Gasteiger partial charge in [0.15, 0.2) is 0 Å². The maximum absolute atomic E-state index is 15.1. The topological polar surface area (TPSA) is 108 Å². The van der Waals surface area contributed by atoms with E-state index in [9.17, 15) is 40.0 Å². The number of esters is 2. The zero-order valence-corrected chi connectivity index (χ0v) is 25.3.